The minimum Gasteiger partial charge on any atom is -0.481 e. The molecule has 1 aliphatic rings. The van der Waals surface area contributed by atoms with E-state index in [0.29, 0.717) is 19.3 Å². The molecular formula is C24H40O6. The normalized spacial score (nSPS) is 23.8. The van der Waals surface area contributed by atoms with Gasteiger partial charge in [-0.15, -0.1) is 0 Å². The third-order valence-electron chi connectivity index (χ3n) is 6.28. The summed E-state index contributed by atoms with van der Waals surface area (Å²) in [6, 6.07) is 0. The maximum Gasteiger partial charge on any atom is 0.308 e. The van der Waals surface area contributed by atoms with Crippen molar-refractivity contribution in [1.29, 1.82) is 0 Å². The van der Waals surface area contributed by atoms with Gasteiger partial charge < -0.3 is 9.90 Å². The largest absolute Gasteiger partial charge is 0.481 e. The van der Waals surface area contributed by atoms with Crippen LogP contribution in [0.15, 0.2) is 11.6 Å². The SMILES string of the molecule is CC(=O)CCCC(C)(C)C(=O)CC/C(C)=C/CCC1(C)CCC([C@H](C)C(=O)O)OO1. The van der Waals surface area contributed by atoms with E-state index in [4.69, 9.17) is 14.9 Å². The molecule has 0 aromatic heterocycles. The van der Waals surface area contributed by atoms with Crippen molar-refractivity contribution in [2.45, 2.75) is 111 Å². The molecule has 172 valence electrons. The van der Waals surface area contributed by atoms with Crippen molar-refractivity contribution in [2.24, 2.45) is 11.3 Å². The van der Waals surface area contributed by atoms with Gasteiger partial charge in [-0.25, -0.2) is 9.78 Å². The summed E-state index contributed by atoms with van der Waals surface area (Å²) in [4.78, 5) is 45.7. The van der Waals surface area contributed by atoms with Gasteiger partial charge in [0.25, 0.3) is 0 Å². The van der Waals surface area contributed by atoms with E-state index in [2.05, 4.69) is 6.08 Å². The van der Waals surface area contributed by atoms with Crippen molar-refractivity contribution in [3.05, 3.63) is 11.6 Å². The zero-order chi connectivity index (χ0) is 22.9. The van der Waals surface area contributed by atoms with Crippen LogP contribution in [0.25, 0.3) is 0 Å². The van der Waals surface area contributed by atoms with Gasteiger partial charge in [0.05, 0.1) is 5.92 Å². The highest BCUT2D eigenvalue weighted by Crippen LogP contribution is 2.33. The summed E-state index contributed by atoms with van der Waals surface area (Å²) in [7, 11) is 0. The fourth-order valence-corrected chi connectivity index (χ4v) is 3.67. The second-order valence-corrected chi connectivity index (χ2v) is 9.79. The Bertz CT molecular complexity index is 626. The molecule has 30 heavy (non-hydrogen) atoms. The molecule has 0 bridgehead atoms. The van der Waals surface area contributed by atoms with E-state index in [-0.39, 0.29) is 17.0 Å². The van der Waals surface area contributed by atoms with Crippen LogP contribution in [-0.4, -0.2) is 34.3 Å². The number of hydrogen-bond acceptors (Lipinski definition) is 5. The van der Waals surface area contributed by atoms with Gasteiger partial charge in [0.15, 0.2) is 0 Å². The zero-order valence-corrected chi connectivity index (χ0v) is 19.6. The molecule has 1 saturated heterocycles. The summed E-state index contributed by atoms with van der Waals surface area (Å²) in [5.74, 6) is -1.04. The van der Waals surface area contributed by atoms with Crippen molar-refractivity contribution in [1.82, 2.24) is 0 Å². The van der Waals surface area contributed by atoms with Crippen LogP contribution >= 0.6 is 0 Å². The molecule has 1 rings (SSSR count). The van der Waals surface area contributed by atoms with Crippen LogP contribution in [0, 0.1) is 11.3 Å². The quantitative estimate of drug-likeness (QED) is 0.313. The molecule has 6 heteroatoms. The van der Waals surface area contributed by atoms with Gasteiger partial charge >= 0.3 is 5.97 Å². The fraction of sp³-hybridized carbons (Fsp3) is 0.792. The monoisotopic (exact) mass is 424 g/mol. The van der Waals surface area contributed by atoms with Crippen LogP contribution < -0.4 is 0 Å². The highest BCUT2D eigenvalue weighted by molar-refractivity contribution is 5.84. The van der Waals surface area contributed by atoms with E-state index in [1.807, 2.05) is 27.7 Å². The smallest absolute Gasteiger partial charge is 0.308 e. The number of aliphatic carboxylic acids is 1. The molecular weight excluding hydrogens is 384 g/mol. The zero-order valence-electron chi connectivity index (χ0n) is 19.6. The predicted octanol–water partition coefficient (Wildman–Crippen LogP) is 5.44. The first kappa shape index (κ1) is 26.5. The van der Waals surface area contributed by atoms with Crippen molar-refractivity contribution >= 4 is 17.5 Å². The van der Waals surface area contributed by atoms with Crippen molar-refractivity contribution < 1.29 is 29.3 Å². The lowest BCUT2D eigenvalue weighted by Crippen LogP contribution is -2.41. The second-order valence-electron chi connectivity index (χ2n) is 9.79. The van der Waals surface area contributed by atoms with Crippen molar-refractivity contribution in [2.75, 3.05) is 0 Å². The van der Waals surface area contributed by atoms with Crippen LogP contribution in [0.2, 0.25) is 0 Å². The van der Waals surface area contributed by atoms with Gasteiger partial charge in [0.2, 0.25) is 0 Å². The Balaban J connectivity index is 2.37. The molecule has 0 aromatic rings. The molecule has 3 atom stereocenters. The van der Waals surface area contributed by atoms with Gasteiger partial charge in [-0.2, -0.15) is 0 Å². The summed E-state index contributed by atoms with van der Waals surface area (Å²) in [6.07, 6.45) is 8.06. The van der Waals surface area contributed by atoms with Gasteiger partial charge in [0, 0.05) is 18.3 Å². The number of allylic oxidation sites excluding steroid dienone is 2. The first-order valence-corrected chi connectivity index (χ1v) is 11.1. The number of hydrogen-bond donors (Lipinski definition) is 1. The number of rotatable bonds is 13. The minimum atomic E-state index is -0.873. The Morgan fingerprint density at radius 2 is 1.87 bits per heavy atom. The van der Waals surface area contributed by atoms with Crippen LogP contribution in [0.3, 0.4) is 0 Å². The Morgan fingerprint density at radius 3 is 2.40 bits per heavy atom. The number of Topliss-reactive ketones (excluding diaryl/α,β-unsaturated/α-hetero) is 2. The number of carbonyl (C=O) groups is 3. The Labute approximate surface area is 181 Å². The molecule has 0 aliphatic carbocycles. The molecule has 0 spiro atoms. The van der Waals surface area contributed by atoms with E-state index in [0.717, 1.165) is 38.5 Å². The topological polar surface area (TPSA) is 89.9 Å². The number of ketones is 2. The fourth-order valence-electron chi connectivity index (χ4n) is 3.67. The first-order valence-electron chi connectivity index (χ1n) is 11.1. The van der Waals surface area contributed by atoms with Gasteiger partial charge in [0.1, 0.15) is 23.3 Å². The molecule has 6 nitrogen and oxygen atoms in total. The predicted molar refractivity (Wildman–Crippen MR) is 116 cm³/mol. The standard InChI is InChI=1S/C24H40O6/c1-17(11-12-21(26)23(4,5)14-8-10-18(2)25)9-7-15-24(6)16-13-20(29-30-24)19(3)22(27)28/h9,19-20H,7-8,10-16H2,1-6H3,(H,27,28)/b17-9+/t19-,20?,24?/m0/s1. The second kappa shape index (κ2) is 11.8. The molecule has 1 heterocycles. The number of carboxylic acid groups (broad SMARTS) is 1. The van der Waals surface area contributed by atoms with Crippen LogP contribution in [0.1, 0.15) is 99.3 Å². The Hall–Kier alpha value is -1.53. The molecule has 2 unspecified atom stereocenters. The molecule has 0 aromatic carbocycles. The molecule has 1 N–H and O–H groups in total. The maximum absolute atomic E-state index is 12.6. The molecule has 1 fully saturated rings. The highest BCUT2D eigenvalue weighted by Gasteiger charge is 2.37. The van der Waals surface area contributed by atoms with Crippen molar-refractivity contribution in [3.63, 3.8) is 0 Å². The summed E-state index contributed by atoms with van der Waals surface area (Å²) >= 11 is 0. The van der Waals surface area contributed by atoms with E-state index in [1.165, 1.54) is 5.57 Å². The summed E-state index contributed by atoms with van der Waals surface area (Å²) < 4.78 is 0. The van der Waals surface area contributed by atoms with E-state index in [9.17, 15) is 14.4 Å². The summed E-state index contributed by atoms with van der Waals surface area (Å²) in [6.45, 7) is 11.2. The average molecular weight is 425 g/mol. The Kier molecular flexibility index (Phi) is 10.4. The molecule has 0 saturated carbocycles. The van der Waals surface area contributed by atoms with E-state index in [1.54, 1.807) is 13.8 Å². The van der Waals surface area contributed by atoms with E-state index >= 15 is 0 Å². The first-order chi connectivity index (χ1) is 13.9. The molecule has 0 amide bonds. The van der Waals surface area contributed by atoms with Gasteiger partial charge in [-0.3, -0.25) is 9.59 Å². The molecule has 0 radical (unpaired) electrons. The summed E-state index contributed by atoms with van der Waals surface area (Å²) in [5.41, 5.74) is 0.376. The Morgan fingerprint density at radius 1 is 1.20 bits per heavy atom. The van der Waals surface area contributed by atoms with E-state index < -0.39 is 23.6 Å². The highest BCUT2D eigenvalue weighted by atomic mass is 17.2. The lowest BCUT2D eigenvalue weighted by Gasteiger charge is -2.37. The summed E-state index contributed by atoms with van der Waals surface area (Å²) in [5, 5.41) is 9.09. The van der Waals surface area contributed by atoms with Gasteiger partial charge in [-0.1, -0.05) is 25.5 Å². The van der Waals surface area contributed by atoms with Crippen LogP contribution in [0.5, 0.6) is 0 Å². The third-order valence-corrected chi connectivity index (χ3v) is 6.28. The van der Waals surface area contributed by atoms with Crippen LogP contribution in [0.4, 0.5) is 0 Å². The third kappa shape index (κ3) is 9.09. The number of carbonyl (C=O) groups excluding carboxylic acids is 2. The maximum atomic E-state index is 12.6. The van der Waals surface area contributed by atoms with Crippen LogP contribution in [-0.2, 0) is 24.2 Å². The number of carboxylic acids is 1. The minimum absolute atomic E-state index is 0.171. The molecule has 1 aliphatic heterocycles. The van der Waals surface area contributed by atoms with Crippen molar-refractivity contribution in [3.8, 4) is 0 Å². The average Bonchev–Trinajstić information content (AvgIpc) is 2.65. The lowest BCUT2D eigenvalue weighted by molar-refractivity contribution is -0.411. The lowest BCUT2D eigenvalue weighted by atomic mass is 9.80. The van der Waals surface area contributed by atoms with Gasteiger partial charge in [-0.05, 0) is 72.6 Å².